The molecule has 0 aromatic carbocycles. The lowest BCUT2D eigenvalue weighted by Crippen LogP contribution is -2.43. The first kappa shape index (κ1) is 12.0. The highest BCUT2D eigenvalue weighted by Crippen LogP contribution is 2.16. The number of hydrogen-bond donors (Lipinski definition) is 3. The van der Waals surface area contributed by atoms with Gasteiger partial charge in [-0.2, -0.15) is 0 Å². The maximum atomic E-state index is 10.5. The van der Waals surface area contributed by atoms with Crippen LogP contribution in [0.15, 0.2) is 0 Å². The molecule has 0 saturated carbocycles. The van der Waals surface area contributed by atoms with Crippen molar-refractivity contribution in [2.75, 3.05) is 13.1 Å². The number of likely N-dealkylation sites (tertiary alicyclic amines) is 1. The van der Waals surface area contributed by atoms with Gasteiger partial charge in [0.25, 0.3) is 0 Å². The lowest BCUT2D eigenvalue weighted by atomic mass is 9.97. The third-order valence-electron chi connectivity index (χ3n) is 2.18. The van der Waals surface area contributed by atoms with Crippen molar-refractivity contribution in [2.45, 2.75) is 12.8 Å². The van der Waals surface area contributed by atoms with Gasteiger partial charge in [-0.25, -0.2) is 0 Å². The Labute approximate surface area is 82.8 Å². The van der Waals surface area contributed by atoms with E-state index in [-0.39, 0.29) is 24.3 Å². The zero-order valence-corrected chi connectivity index (χ0v) is 8.01. The molecule has 76 valence electrons. The minimum atomic E-state index is -0.738. The van der Waals surface area contributed by atoms with E-state index in [0.29, 0.717) is 25.9 Å². The summed E-state index contributed by atoms with van der Waals surface area (Å²) in [7, 11) is 0. The fourth-order valence-corrected chi connectivity index (χ4v) is 1.37. The molecule has 0 amide bonds. The Morgan fingerprint density at radius 2 is 1.92 bits per heavy atom. The van der Waals surface area contributed by atoms with Gasteiger partial charge in [0, 0.05) is 13.1 Å². The lowest BCUT2D eigenvalue weighted by Gasteiger charge is -2.29. The number of guanidine groups is 1. The molecule has 0 atom stereocenters. The summed E-state index contributed by atoms with van der Waals surface area (Å²) in [5.41, 5.74) is 5.25. The largest absolute Gasteiger partial charge is 0.481 e. The van der Waals surface area contributed by atoms with Gasteiger partial charge in [0.05, 0.1) is 5.92 Å². The molecule has 0 unspecified atom stereocenters. The van der Waals surface area contributed by atoms with Crippen molar-refractivity contribution >= 4 is 24.3 Å². The van der Waals surface area contributed by atoms with Crippen LogP contribution in [0.3, 0.4) is 0 Å². The number of aliphatic carboxylic acids is 1. The summed E-state index contributed by atoms with van der Waals surface area (Å²) in [5.74, 6) is -0.947. The molecule has 0 radical (unpaired) electrons. The second-order valence-electron chi connectivity index (χ2n) is 2.98. The SMILES string of the molecule is Cl.N=C(N)N1CCC(C(=O)O)CC1. The smallest absolute Gasteiger partial charge is 0.306 e. The summed E-state index contributed by atoms with van der Waals surface area (Å²) < 4.78 is 0. The lowest BCUT2D eigenvalue weighted by molar-refractivity contribution is -0.143. The number of nitrogens with two attached hydrogens (primary N) is 1. The van der Waals surface area contributed by atoms with E-state index < -0.39 is 5.97 Å². The van der Waals surface area contributed by atoms with Crippen molar-refractivity contribution in [1.82, 2.24) is 4.90 Å². The van der Waals surface area contributed by atoms with Gasteiger partial charge < -0.3 is 15.7 Å². The van der Waals surface area contributed by atoms with E-state index in [1.54, 1.807) is 4.90 Å². The topological polar surface area (TPSA) is 90.4 Å². The number of nitrogens with one attached hydrogen (secondary N) is 1. The van der Waals surface area contributed by atoms with E-state index in [9.17, 15) is 4.79 Å². The van der Waals surface area contributed by atoms with Crippen molar-refractivity contribution in [1.29, 1.82) is 5.41 Å². The van der Waals surface area contributed by atoms with E-state index >= 15 is 0 Å². The van der Waals surface area contributed by atoms with Gasteiger partial charge in [0.1, 0.15) is 0 Å². The first-order valence-corrected chi connectivity index (χ1v) is 3.93. The van der Waals surface area contributed by atoms with E-state index in [2.05, 4.69) is 0 Å². The normalized spacial score (nSPS) is 17.7. The van der Waals surface area contributed by atoms with E-state index in [0.717, 1.165) is 0 Å². The summed E-state index contributed by atoms with van der Waals surface area (Å²) in [4.78, 5) is 12.2. The summed E-state index contributed by atoms with van der Waals surface area (Å²) in [6.45, 7) is 1.18. The Bertz CT molecular complexity index is 180. The maximum absolute atomic E-state index is 10.5. The van der Waals surface area contributed by atoms with Gasteiger partial charge in [-0.05, 0) is 12.8 Å². The van der Waals surface area contributed by atoms with Crippen LogP contribution in [0.2, 0.25) is 0 Å². The monoisotopic (exact) mass is 207 g/mol. The first-order valence-electron chi connectivity index (χ1n) is 3.93. The number of carboxylic acid groups (broad SMARTS) is 1. The highest BCUT2D eigenvalue weighted by Gasteiger charge is 2.24. The molecule has 0 bridgehead atoms. The minimum Gasteiger partial charge on any atom is -0.481 e. The van der Waals surface area contributed by atoms with Gasteiger partial charge >= 0.3 is 5.97 Å². The molecule has 5 nitrogen and oxygen atoms in total. The van der Waals surface area contributed by atoms with Crippen LogP contribution in [-0.2, 0) is 4.79 Å². The molecular formula is C7H14ClN3O2. The van der Waals surface area contributed by atoms with Crippen molar-refractivity contribution in [3.8, 4) is 0 Å². The van der Waals surface area contributed by atoms with Crippen molar-refractivity contribution in [2.24, 2.45) is 11.7 Å². The van der Waals surface area contributed by atoms with Crippen molar-refractivity contribution < 1.29 is 9.90 Å². The Hall–Kier alpha value is -0.970. The van der Waals surface area contributed by atoms with Crippen molar-refractivity contribution in [3.05, 3.63) is 0 Å². The van der Waals surface area contributed by atoms with E-state index in [4.69, 9.17) is 16.2 Å². The second kappa shape index (κ2) is 4.91. The summed E-state index contributed by atoms with van der Waals surface area (Å²) in [6, 6.07) is 0. The second-order valence-corrected chi connectivity index (χ2v) is 2.98. The summed E-state index contributed by atoms with van der Waals surface area (Å²) in [5, 5.41) is 15.8. The number of rotatable bonds is 1. The Balaban J connectivity index is 0.00000144. The minimum absolute atomic E-state index is 0. The molecule has 4 N–H and O–H groups in total. The van der Waals surface area contributed by atoms with Gasteiger partial charge in [0.15, 0.2) is 5.96 Å². The van der Waals surface area contributed by atoms with Crippen LogP contribution >= 0.6 is 12.4 Å². The van der Waals surface area contributed by atoms with Crippen LogP contribution in [0.25, 0.3) is 0 Å². The number of piperidine rings is 1. The molecule has 6 heteroatoms. The number of carboxylic acids is 1. The van der Waals surface area contributed by atoms with Gasteiger partial charge in [-0.15, -0.1) is 12.4 Å². The summed E-state index contributed by atoms with van der Waals surface area (Å²) >= 11 is 0. The average Bonchev–Trinajstić information content (AvgIpc) is 2.04. The standard InChI is InChI=1S/C7H13N3O2.ClH/c8-7(9)10-3-1-5(2-4-10)6(11)12;/h5H,1-4H2,(H3,8,9)(H,11,12);1H. The van der Waals surface area contributed by atoms with Crippen LogP contribution in [0.5, 0.6) is 0 Å². The third-order valence-corrected chi connectivity index (χ3v) is 2.18. The zero-order valence-electron chi connectivity index (χ0n) is 7.19. The number of nitrogens with zero attached hydrogens (tertiary/aromatic N) is 1. The van der Waals surface area contributed by atoms with E-state index in [1.165, 1.54) is 0 Å². The molecule has 1 aliphatic rings. The molecule has 1 rings (SSSR count). The molecule has 0 spiro atoms. The fraction of sp³-hybridized carbons (Fsp3) is 0.714. The molecule has 13 heavy (non-hydrogen) atoms. The number of hydrogen-bond acceptors (Lipinski definition) is 2. The average molecular weight is 208 g/mol. The quantitative estimate of drug-likeness (QED) is 0.420. The predicted octanol–water partition coefficient (Wildman–Crippen LogP) is 0.0983. The number of carbonyl (C=O) groups is 1. The molecule has 1 heterocycles. The highest BCUT2D eigenvalue weighted by molar-refractivity contribution is 5.85. The molecule has 0 aromatic rings. The molecule has 1 saturated heterocycles. The Morgan fingerprint density at radius 3 is 2.23 bits per heavy atom. The van der Waals surface area contributed by atoms with Gasteiger partial charge in [-0.1, -0.05) is 0 Å². The van der Waals surface area contributed by atoms with Gasteiger partial charge in [-0.3, -0.25) is 10.2 Å². The Kier molecular flexibility index (Phi) is 4.55. The molecular weight excluding hydrogens is 194 g/mol. The fourth-order valence-electron chi connectivity index (χ4n) is 1.37. The highest BCUT2D eigenvalue weighted by atomic mass is 35.5. The first-order chi connectivity index (χ1) is 5.61. The molecule has 1 fully saturated rings. The van der Waals surface area contributed by atoms with Crippen molar-refractivity contribution in [3.63, 3.8) is 0 Å². The maximum Gasteiger partial charge on any atom is 0.306 e. The summed E-state index contributed by atoms with van der Waals surface area (Å²) in [6.07, 6.45) is 1.18. The van der Waals surface area contributed by atoms with Crippen LogP contribution in [0, 0.1) is 11.3 Å². The Morgan fingerprint density at radius 1 is 1.46 bits per heavy atom. The van der Waals surface area contributed by atoms with Crippen LogP contribution in [0.4, 0.5) is 0 Å². The molecule has 0 aromatic heterocycles. The molecule has 0 aliphatic carbocycles. The molecule has 1 aliphatic heterocycles. The van der Waals surface area contributed by atoms with E-state index in [1.807, 2.05) is 0 Å². The van der Waals surface area contributed by atoms with Crippen LogP contribution < -0.4 is 5.73 Å². The van der Waals surface area contributed by atoms with Crippen LogP contribution in [0.1, 0.15) is 12.8 Å². The predicted molar refractivity (Wildman–Crippen MR) is 51.1 cm³/mol. The third kappa shape index (κ3) is 3.10. The van der Waals surface area contributed by atoms with Gasteiger partial charge in [0.2, 0.25) is 0 Å². The number of halogens is 1. The van der Waals surface area contributed by atoms with Crippen LogP contribution in [-0.4, -0.2) is 35.0 Å². The zero-order chi connectivity index (χ0) is 9.14.